The van der Waals surface area contributed by atoms with E-state index in [1.165, 1.54) is 6.07 Å². The molecule has 0 aliphatic heterocycles. The van der Waals surface area contributed by atoms with Crippen LogP contribution in [-0.2, 0) is 6.42 Å². The molecule has 17 heavy (non-hydrogen) atoms. The van der Waals surface area contributed by atoms with Crippen LogP contribution in [-0.4, -0.2) is 12.6 Å². The fourth-order valence-electron chi connectivity index (χ4n) is 1.43. The van der Waals surface area contributed by atoms with Crippen LogP contribution in [0.25, 0.3) is 0 Å². The quantitative estimate of drug-likeness (QED) is 0.853. The maximum Gasteiger partial charge on any atom is 0.130 e. The van der Waals surface area contributed by atoms with E-state index in [4.69, 9.17) is 10.5 Å². The zero-order chi connectivity index (χ0) is 12.0. The number of halogens is 2. The number of ether oxygens (including phenoxy) is 1. The predicted molar refractivity (Wildman–Crippen MR) is 71.4 cm³/mol. The highest BCUT2D eigenvalue weighted by Crippen LogP contribution is 2.18. The van der Waals surface area contributed by atoms with Crippen molar-refractivity contribution in [1.82, 2.24) is 0 Å². The van der Waals surface area contributed by atoms with Gasteiger partial charge in [-0.05, 0) is 30.9 Å². The number of hydrogen-bond donors (Lipinski definition) is 1. The zero-order valence-corrected chi connectivity index (χ0v) is 11.2. The molecule has 0 radical (unpaired) electrons. The van der Waals surface area contributed by atoms with Crippen molar-refractivity contribution in [1.29, 1.82) is 0 Å². The molecular formula is C13H21ClFNO. The Morgan fingerprint density at radius 3 is 2.59 bits per heavy atom. The average molecular weight is 262 g/mol. The van der Waals surface area contributed by atoms with Crippen molar-refractivity contribution >= 4 is 12.4 Å². The van der Waals surface area contributed by atoms with Gasteiger partial charge in [0, 0.05) is 12.1 Å². The van der Waals surface area contributed by atoms with Gasteiger partial charge in [-0.1, -0.05) is 19.9 Å². The fraction of sp³-hybridized carbons (Fsp3) is 0.538. The van der Waals surface area contributed by atoms with Gasteiger partial charge in [0.2, 0.25) is 0 Å². The summed E-state index contributed by atoms with van der Waals surface area (Å²) in [5.74, 6) is 0.366. The molecule has 2 nitrogen and oxygen atoms in total. The van der Waals surface area contributed by atoms with Crippen LogP contribution in [0.5, 0.6) is 5.75 Å². The molecule has 98 valence electrons. The molecule has 0 saturated carbocycles. The Labute approximate surface area is 109 Å². The summed E-state index contributed by atoms with van der Waals surface area (Å²) >= 11 is 0. The van der Waals surface area contributed by atoms with Gasteiger partial charge in [0.15, 0.2) is 0 Å². The Hall–Kier alpha value is -0.800. The van der Waals surface area contributed by atoms with E-state index in [1.807, 2.05) is 13.8 Å². The molecule has 2 N–H and O–H groups in total. The predicted octanol–water partition coefficient (Wildman–Crippen LogP) is 3.32. The molecule has 0 aliphatic rings. The summed E-state index contributed by atoms with van der Waals surface area (Å²) in [6.07, 6.45) is 2.36. The number of nitrogens with two attached hydrogens (primary N) is 1. The van der Waals surface area contributed by atoms with Gasteiger partial charge in [-0.2, -0.15) is 0 Å². The molecule has 1 unspecified atom stereocenters. The van der Waals surface area contributed by atoms with Crippen molar-refractivity contribution in [3.63, 3.8) is 0 Å². The molecule has 0 spiro atoms. The van der Waals surface area contributed by atoms with Crippen molar-refractivity contribution in [2.45, 2.75) is 39.2 Å². The highest BCUT2D eigenvalue weighted by atomic mass is 35.5. The lowest BCUT2D eigenvalue weighted by molar-refractivity contribution is 0.315. The summed E-state index contributed by atoms with van der Waals surface area (Å²) in [5, 5.41) is 0. The summed E-state index contributed by atoms with van der Waals surface area (Å²) < 4.78 is 19.0. The molecular weight excluding hydrogens is 241 g/mol. The smallest absolute Gasteiger partial charge is 0.130 e. The SMILES string of the molecule is CCCOc1ccc(CC(N)CC)c(F)c1.Cl. The first-order valence-corrected chi connectivity index (χ1v) is 5.84. The molecule has 0 aromatic heterocycles. The first-order chi connectivity index (χ1) is 7.67. The Bertz CT molecular complexity index is 333. The van der Waals surface area contributed by atoms with Crippen LogP contribution in [0.4, 0.5) is 4.39 Å². The Morgan fingerprint density at radius 2 is 2.06 bits per heavy atom. The third-order valence-electron chi connectivity index (χ3n) is 2.50. The van der Waals surface area contributed by atoms with Crippen LogP contribution in [0.1, 0.15) is 32.3 Å². The highest BCUT2D eigenvalue weighted by Gasteiger charge is 2.07. The van der Waals surface area contributed by atoms with Gasteiger partial charge >= 0.3 is 0 Å². The van der Waals surface area contributed by atoms with E-state index in [9.17, 15) is 4.39 Å². The Balaban J connectivity index is 0.00000256. The summed E-state index contributed by atoms with van der Waals surface area (Å²) in [6, 6.07) is 5.02. The molecule has 0 aliphatic carbocycles. The minimum absolute atomic E-state index is 0. The number of rotatable bonds is 6. The lowest BCUT2D eigenvalue weighted by Gasteiger charge is -2.11. The molecule has 4 heteroatoms. The van der Waals surface area contributed by atoms with E-state index in [-0.39, 0.29) is 24.3 Å². The largest absolute Gasteiger partial charge is 0.494 e. The van der Waals surface area contributed by atoms with Gasteiger partial charge in [-0.15, -0.1) is 12.4 Å². The van der Waals surface area contributed by atoms with Crippen molar-refractivity contribution in [3.8, 4) is 5.75 Å². The topological polar surface area (TPSA) is 35.2 Å². The average Bonchev–Trinajstić information content (AvgIpc) is 2.29. The second-order valence-electron chi connectivity index (χ2n) is 3.97. The maximum absolute atomic E-state index is 13.6. The van der Waals surface area contributed by atoms with Crippen molar-refractivity contribution in [2.75, 3.05) is 6.61 Å². The third-order valence-corrected chi connectivity index (χ3v) is 2.50. The lowest BCUT2D eigenvalue weighted by atomic mass is 10.0. The van der Waals surface area contributed by atoms with E-state index in [0.717, 1.165) is 12.8 Å². The lowest BCUT2D eigenvalue weighted by Crippen LogP contribution is -2.21. The normalized spacial score (nSPS) is 11.8. The molecule has 0 saturated heterocycles. The molecule has 1 rings (SSSR count). The second kappa shape index (κ2) is 8.31. The van der Waals surface area contributed by atoms with Gasteiger partial charge in [0.1, 0.15) is 11.6 Å². The zero-order valence-electron chi connectivity index (χ0n) is 10.4. The van der Waals surface area contributed by atoms with Gasteiger partial charge < -0.3 is 10.5 Å². The van der Waals surface area contributed by atoms with Crippen LogP contribution >= 0.6 is 12.4 Å². The summed E-state index contributed by atoms with van der Waals surface area (Å²) in [4.78, 5) is 0. The number of benzene rings is 1. The first-order valence-electron chi connectivity index (χ1n) is 5.84. The Morgan fingerprint density at radius 1 is 1.35 bits per heavy atom. The first kappa shape index (κ1) is 16.2. The van der Waals surface area contributed by atoms with Crippen LogP contribution in [0.2, 0.25) is 0 Å². The highest BCUT2D eigenvalue weighted by molar-refractivity contribution is 5.85. The Kier molecular flexibility index (Phi) is 7.92. The maximum atomic E-state index is 13.6. The van der Waals surface area contributed by atoms with E-state index in [1.54, 1.807) is 12.1 Å². The third kappa shape index (κ3) is 5.37. The summed E-state index contributed by atoms with van der Waals surface area (Å²) in [5.41, 5.74) is 6.46. The molecule has 1 atom stereocenters. The minimum Gasteiger partial charge on any atom is -0.494 e. The van der Waals surface area contributed by atoms with Crippen LogP contribution in [0.15, 0.2) is 18.2 Å². The molecule has 1 aromatic rings. The van der Waals surface area contributed by atoms with Crippen molar-refractivity contribution < 1.29 is 9.13 Å². The van der Waals surface area contributed by atoms with E-state index in [0.29, 0.717) is 24.3 Å². The molecule has 0 heterocycles. The van der Waals surface area contributed by atoms with Gasteiger partial charge in [-0.3, -0.25) is 0 Å². The standard InChI is InChI=1S/C13H20FNO.ClH/c1-3-7-16-12-6-5-10(13(14)9-12)8-11(15)4-2;/h5-6,9,11H,3-4,7-8,15H2,1-2H3;1H. The molecule has 1 aromatic carbocycles. The van der Waals surface area contributed by atoms with Crippen LogP contribution in [0.3, 0.4) is 0 Å². The van der Waals surface area contributed by atoms with Gasteiger partial charge in [-0.25, -0.2) is 4.39 Å². The summed E-state index contributed by atoms with van der Waals surface area (Å²) in [6.45, 7) is 4.64. The molecule has 0 bridgehead atoms. The summed E-state index contributed by atoms with van der Waals surface area (Å²) in [7, 11) is 0. The van der Waals surface area contributed by atoms with E-state index < -0.39 is 0 Å². The van der Waals surface area contributed by atoms with Gasteiger partial charge in [0.05, 0.1) is 6.61 Å². The van der Waals surface area contributed by atoms with E-state index in [2.05, 4.69) is 0 Å². The van der Waals surface area contributed by atoms with Crippen molar-refractivity contribution in [3.05, 3.63) is 29.6 Å². The minimum atomic E-state index is -0.225. The molecule has 0 fully saturated rings. The number of hydrogen-bond acceptors (Lipinski definition) is 2. The van der Waals surface area contributed by atoms with Crippen LogP contribution in [0, 0.1) is 5.82 Å². The van der Waals surface area contributed by atoms with Crippen molar-refractivity contribution in [2.24, 2.45) is 5.73 Å². The molecule has 0 amide bonds. The fourth-order valence-corrected chi connectivity index (χ4v) is 1.43. The second-order valence-corrected chi connectivity index (χ2v) is 3.97. The van der Waals surface area contributed by atoms with Gasteiger partial charge in [0.25, 0.3) is 0 Å². The van der Waals surface area contributed by atoms with Crippen LogP contribution < -0.4 is 10.5 Å². The van der Waals surface area contributed by atoms with E-state index >= 15 is 0 Å². The monoisotopic (exact) mass is 261 g/mol.